The first-order valence-electron chi connectivity index (χ1n) is 7.54. The van der Waals surface area contributed by atoms with Gasteiger partial charge in [0.05, 0.1) is 29.4 Å². The molecule has 0 unspecified atom stereocenters. The molecule has 0 aliphatic carbocycles. The summed E-state index contributed by atoms with van der Waals surface area (Å²) in [6.45, 7) is 0.308. The second-order valence-corrected chi connectivity index (χ2v) is 5.57. The number of alkyl halides is 3. The maximum absolute atomic E-state index is 12.7. The highest BCUT2D eigenvalue weighted by Crippen LogP contribution is 2.29. The van der Waals surface area contributed by atoms with Crippen molar-refractivity contribution in [1.29, 1.82) is 5.26 Å². The van der Waals surface area contributed by atoms with E-state index in [1.807, 2.05) is 18.0 Å². The molecule has 6 nitrogen and oxygen atoms in total. The number of aromatic nitrogens is 4. The molecule has 1 aromatic heterocycles. The van der Waals surface area contributed by atoms with Gasteiger partial charge in [-0.05, 0) is 52.9 Å². The molecule has 9 heteroatoms. The fourth-order valence-corrected chi connectivity index (χ4v) is 2.41. The molecule has 3 rings (SSSR count). The largest absolute Gasteiger partial charge is 0.416 e. The highest BCUT2D eigenvalue weighted by atomic mass is 19.4. The van der Waals surface area contributed by atoms with Crippen LogP contribution in [0.3, 0.4) is 0 Å². The number of hydrogen-bond donors (Lipinski definition) is 0. The minimum Gasteiger partial charge on any atom is -0.367 e. The molecule has 132 valence electrons. The lowest BCUT2D eigenvalue weighted by atomic mass is 10.2. The van der Waals surface area contributed by atoms with E-state index in [0.717, 1.165) is 17.8 Å². The van der Waals surface area contributed by atoms with Gasteiger partial charge >= 0.3 is 6.18 Å². The van der Waals surface area contributed by atoms with Crippen LogP contribution in [0.4, 0.5) is 18.9 Å². The summed E-state index contributed by atoms with van der Waals surface area (Å²) in [7, 11) is 1.81. The molecule has 0 aliphatic heterocycles. The van der Waals surface area contributed by atoms with Crippen LogP contribution in [0.2, 0.25) is 0 Å². The van der Waals surface area contributed by atoms with Crippen molar-refractivity contribution in [2.75, 3.05) is 11.9 Å². The van der Waals surface area contributed by atoms with Crippen LogP contribution in [-0.4, -0.2) is 27.3 Å². The van der Waals surface area contributed by atoms with Gasteiger partial charge in [-0.15, -0.1) is 5.10 Å². The van der Waals surface area contributed by atoms with Crippen molar-refractivity contribution in [1.82, 2.24) is 20.2 Å². The summed E-state index contributed by atoms with van der Waals surface area (Å²) in [5.74, 6) is 0.453. The Kier molecular flexibility index (Phi) is 4.58. The number of rotatable bonds is 4. The Labute approximate surface area is 147 Å². The Morgan fingerprint density at radius 3 is 2.54 bits per heavy atom. The van der Waals surface area contributed by atoms with Gasteiger partial charge in [0.15, 0.2) is 5.82 Å². The smallest absolute Gasteiger partial charge is 0.367 e. The third-order valence-corrected chi connectivity index (χ3v) is 3.77. The van der Waals surface area contributed by atoms with Gasteiger partial charge < -0.3 is 4.90 Å². The lowest BCUT2D eigenvalue weighted by Gasteiger charge is -2.18. The molecule has 0 saturated carbocycles. The van der Waals surface area contributed by atoms with Crippen LogP contribution in [0.5, 0.6) is 0 Å². The number of nitrogens with zero attached hydrogens (tertiary/aromatic N) is 6. The predicted molar refractivity (Wildman–Crippen MR) is 87.4 cm³/mol. The minimum atomic E-state index is -4.39. The van der Waals surface area contributed by atoms with Crippen molar-refractivity contribution >= 4 is 5.69 Å². The van der Waals surface area contributed by atoms with Gasteiger partial charge in [0, 0.05) is 12.7 Å². The molecular formula is C17H13F3N6. The Bertz CT molecular complexity index is 940. The van der Waals surface area contributed by atoms with Crippen molar-refractivity contribution < 1.29 is 13.2 Å². The maximum Gasteiger partial charge on any atom is 0.416 e. The summed E-state index contributed by atoms with van der Waals surface area (Å²) in [4.78, 5) is 1.84. The molecule has 0 N–H and O–H groups in total. The number of hydrogen-bond acceptors (Lipinski definition) is 5. The molecule has 2 aromatic carbocycles. The van der Waals surface area contributed by atoms with E-state index in [-0.39, 0.29) is 0 Å². The SMILES string of the molecule is CN(Cc1nnnn1-c1ccc(C(F)(F)F)cc1)c1cccc(C#N)c1. The normalized spacial score (nSPS) is 11.2. The van der Waals surface area contributed by atoms with Crippen LogP contribution >= 0.6 is 0 Å². The fourth-order valence-electron chi connectivity index (χ4n) is 2.41. The lowest BCUT2D eigenvalue weighted by Crippen LogP contribution is -2.19. The minimum absolute atomic E-state index is 0.308. The zero-order chi connectivity index (χ0) is 18.7. The predicted octanol–water partition coefficient (Wildman–Crippen LogP) is 3.19. The van der Waals surface area contributed by atoms with Gasteiger partial charge in [-0.1, -0.05) is 6.07 Å². The zero-order valence-electron chi connectivity index (χ0n) is 13.6. The van der Waals surface area contributed by atoms with Crippen molar-refractivity contribution in [2.24, 2.45) is 0 Å². The fraction of sp³-hybridized carbons (Fsp3) is 0.176. The first-order chi connectivity index (χ1) is 12.4. The molecule has 3 aromatic rings. The summed E-state index contributed by atoms with van der Waals surface area (Å²) in [5.41, 5.74) is 1.01. The van der Waals surface area contributed by atoms with Crippen molar-refractivity contribution in [3.63, 3.8) is 0 Å². The Balaban J connectivity index is 1.83. The molecule has 1 heterocycles. The van der Waals surface area contributed by atoms with Gasteiger partial charge in [0.2, 0.25) is 0 Å². The van der Waals surface area contributed by atoms with Gasteiger partial charge in [-0.2, -0.15) is 23.1 Å². The Hall–Kier alpha value is -3.41. The Morgan fingerprint density at radius 1 is 1.15 bits per heavy atom. The molecule has 0 aliphatic rings. The van der Waals surface area contributed by atoms with E-state index in [0.29, 0.717) is 23.6 Å². The summed E-state index contributed by atoms with van der Waals surface area (Å²) in [5, 5.41) is 20.4. The molecule has 0 bridgehead atoms. The summed E-state index contributed by atoms with van der Waals surface area (Å²) >= 11 is 0. The second-order valence-electron chi connectivity index (χ2n) is 5.57. The number of anilines is 1. The van der Waals surface area contributed by atoms with Crippen LogP contribution in [0, 0.1) is 11.3 Å². The van der Waals surface area contributed by atoms with E-state index < -0.39 is 11.7 Å². The molecular weight excluding hydrogens is 345 g/mol. The van der Waals surface area contributed by atoms with E-state index in [9.17, 15) is 13.2 Å². The van der Waals surface area contributed by atoms with Crippen LogP contribution in [0.15, 0.2) is 48.5 Å². The summed E-state index contributed by atoms with van der Waals surface area (Å²) < 4.78 is 39.4. The topological polar surface area (TPSA) is 70.6 Å². The van der Waals surface area contributed by atoms with E-state index in [1.54, 1.807) is 18.2 Å². The number of nitriles is 1. The van der Waals surface area contributed by atoms with Crippen LogP contribution in [0.1, 0.15) is 17.0 Å². The molecule has 0 fully saturated rings. The van der Waals surface area contributed by atoms with Gasteiger partial charge in [-0.3, -0.25) is 0 Å². The van der Waals surface area contributed by atoms with Crippen LogP contribution in [0.25, 0.3) is 5.69 Å². The first-order valence-corrected chi connectivity index (χ1v) is 7.54. The van der Waals surface area contributed by atoms with Gasteiger partial charge in [0.1, 0.15) is 0 Å². The standard InChI is InChI=1S/C17H13F3N6/c1-25(15-4-2-3-12(9-15)10-21)11-16-22-23-24-26(16)14-7-5-13(6-8-14)17(18,19)20/h2-9H,11H2,1H3. The molecule has 0 radical (unpaired) electrons. The Morgan fingerprint density at radius 2 is 1.88 bits per heavy atom. The van der Waals surface area contributed by atoms with E-state index >= 15 is 0 Å². The highest BCUT2D eigenvalue weighted by Gasteiger charge is 2.30. The maximum atomic E-state index is 12.7. The first kappa shape index (κ1) is 17.4. The second kappa shape index (κ2) is 6.84. The molecule has 26 heavy (non-hydrogen) atoms. The van der Waals surface area contributed by atoms with Gasteiger partial charge in [-0.25, -0.2) is 0 Å². The number of tetrazole rings is 1. The average Bonchev–Trinajstić information content (AvgIpc) is 3.09. The molecule has 0 saturated heterocycles. The molecule has 0 atom stereocenters. The third-order valence-electron chi connectivity index (χ3n) is 3.77. The zero-order valence-corrected chi connectivity index (χ0v) is 13.6. The van der Waals surface area contributed by atoms with E-state index in [2.05, 4.69) is 21.6 Å². The van der Waals surface area contributed by atoms with Crippen LogP contribution in [-0.2, 0) is 12.7 Å². The van der Waals surface area contributed by atoms with Gasteiger partial charge in [0.25, 0.3) is 0 Å². The average molecular weight is 358 g/mol. The molecule has 0 amide bonds. The molecule has 0 spiro atoms. The lowest BCUT2D eigenvalue weighted by molar-refractivity contribution is -0.137. The quantitative estimate of drug-likeness (QED) is 0.716. The van der Waals surface area contributed by atoms with E-state index in [4.69, 9.17) is 5.26 Å². The van der Waals surface area contributed by atoms with Crippen LogP contribution < -0.4 is 4.90 Å². The van der Waals surface area contributed by atoms with Crippen molar-refractivity contribution in [3.05, 3.63) is 65.5 Å². The third kappa shape index (κ3) is 3.64. The number of halogens is 3. The number of benzene rings is 2. The summed E-state index contributed by atoms with van der Waals surface area (Å²) in [6.07, 6.45) is -4.39. The van der Waals surface area contributed by atoms with Crippen molar-refractivity contribution in [2.45, 2.75) is 12.7 Å². The monoisotopic (exact) mass is 358 g/mol. The summed E-state index contributed by atoms with van der Waals surface area (Å²) in [6, 6.07) is 13.7. The van der Waals surface area contributed by atoms with E-state index in [1.165, 1.54) is 16.8 Å². The highest BCUT2D eigenvalue weighted by molar-refractivity contribution is 5.51. The van der Waals surface area contributed by atoms with Crippen molar-refractivity contribution in [3.8, 4) is 11.8 Å².